The number of aliphatic hydroxyl groups is 1. The minimum Gasteiger partial charge on any atom is -0.396 e. The molecule has 0 aliphatic carbocycles. The zero-order chi connectivity index (χ0) is 10.7. The molecule has 2 N–H and O–H groups in total. The van der Waals surface area contributed by atoms with Crippen molar-refractivity contribution in [1.82, 2.24) is 9.97 Å². The number of thioether (sulfide) groups is 1. The van der Waals surface area contributed by atoms with Crippen LogP contribution in [0, 0.1) is 0 Å². The lowest BCUT2D eigenvalue weighted by molar-refractivity contribution is 0.296. The minimum absolute atomic E-state index is 0.0900. The molecule has 0 amide bonds. The highest BCUT2D eigenvalue weighted by atomic mass is 32.2. The second kappa shape index (κ2) is 4.78. The molecular formula is C9H10N2O2S2. The average molecular weight is 242 g/mol. The van der Waals surface area contributed by atoms with Gasteiger partial charge in [-0.1, -0.05) is 11.8 Å². The van der Waals surface area contributed by atoms with Crippen LogP contribution in [0.1, 0.15) is 6.42 Å². The topological polar surface area (TPSA) is 66.0 Å². The van der Waals surface area contributed by atoms with E-state index in [-0.39, 0.29) is 12.2 Å². The van der Waals surface area contributed by atoms with Crippen LogP contribution in [0.5, 0.6) is 0 Å². The Morgan fingerprint density at radius 2 is 2.47 bits per heavy atom. The molecule has 80 valence electrons. The van der Waals surface area contributed by atoms with Gasteiger partial charge >= 0.3 is 0 Å². The largest absolute Gasteiger partial charge is 0.396 e. The van der Waals surface area contributed by atoms with Gasteiger partial charge in [0.2, 0.25) is 0 Å². The van der Waals surface area contributed by atoms with E-state index in [0.29, 0.717) is 17.0 Å². The lowest BCUT2D eigenvalue weighted by atomic mass is 10.4. The molecule has 0 saturated heterocycles. The number of rotatable bonds is 4. The second-order valence-corrected chi connectivity index (χ2v) is 4.91. The molecule has 0 fully saturated rings. The predicted molar refractivity (Wildman–Crippen MR) is 62.7 cm³/mol. The Balaban J connectivity index is 2.25. The van der Waals surface area contributed by atoms with Crippen LogP contribution in [0.25, 0.3) is 10.2 Å². The summed E-state index contributed by atoms with van der Waals surface area (Å²) in [7, 11) is 0. The molecule has 2 aromatic rings. The Kier molecular flexibility index (Phi) is 3.40. The third-order valence-corrected chi connectivity index (χ3v) is 3.62. The van der Waals surface area contributed by atoms with Gasteiger partial charge in [0.1, 0.15) is 4.83 Å². The summed E-state index contributed by atoms with van der Waals surface area (Å²) in [6.45, 7) is 0.165. The lowest BCUT2D eigenvalue weighted by Crippen LogP contribution is -2.07. The number of aromatic nitrogens is 2. The summed E-state index contributed by atoms with van der Waals surface area (Å²) in [5, 5.41) is 11.8. The first-order valence-electron chi connectivity index (χ1n) is 4.52. The van der Waals surface area contributed by atoms with E-state index in [1.165, 1.54) is 23.1 Å². The molecule has 0 unspecified atom stereocenters. The van der Waals surface area contributed by atoms with Gasteiger partial charge in [-0.2, -0.15) is 0 Å². The molecule has 0 spiro atoms. The van der Waals surface area contributed by atoms with Crippen molar-refractivity contribution in [2.45, 2.75) is 11.6 Å². The molecule has 0 bridgehead atoms. The van der Waals surface area contributed by atoms with Gasteiger partial charge in [0.05, 0.1) is 5.39 Å². The van der Waals surface area contributed by atoms with Crippen LogP contribution in [0.3, 0.4) is 0 Å². The highest BCUT2D eigenvalue weighted by Gasteiger charge is 2.04. The van der Waals surface area contributed by atoms with Gasteiger partial charge in [0, 0.05) is 12.4 Å². The van der Waals surface area contributed by atoms with E-state index in [1.54, 1.807) is 6.07 Å². The Labute approximate surface area is 94.4 Å². The molecular weight excluding hydrogens is 232 g/mol. The van der Waals surface area contributed by atoms with Gasteiger partial charge in [-0.25, -0.2) is 4.98 Å². The molecule has 0 radical (unpaired) electrons. The first-order chi connectivity index (χ1) is 7.31. The highest BCUT2D eigenvalue weighted by Crippen LogP contribution is 2.18. The highest BCUT2D eigenvalue weighted by molar-refractivity contribution is 7.99. The average Bonchev–Trinajstić information content (AvgIpc) is 2.66. The summed E-state index contributed by atoms with van der Waals surface area (Å²) in [6, 6.07) is 1.77. The fourth-order valence-electron chi connectivity index (χ4n) is 1.15. The zero-order valence-corrected chi connectivity index (χ0v) is 9.53. The Hall–Kier alpha value is -0.850. The maximum atomic E-state index is 11.5. The first kappa shape index (κ1) is 10.7. The number of aliphatic hydroxyl groups excluding tert-OH is 1. The number of thiophene rings is 1. The monoisotopic (exact) mass is 242 g/mol. The van der Waals surface area contributed by atoms with Crippen LogP contribution < -0.4 is 5.56 Å². The standard InChI is InChI=1S/C9H10N2O2S2/c12-3-1-4-15-9-10-7(13)6-2-5-14-8(6)11-9/h2,5,12H,1,3-4H2,(H,10,11,13). The Bertz CT molecular complexity index is 506. The summed E-state index contributed by atoms with van der Waals surface area (Å²) >= 11 is 2.92. The second-order valence-electron chi connectivity index (χ2n) is 2.94. The van der Waals surface area contributed by atoms with E-state index >= 15 is 0 Å². The van der Waals surface area contributed by atoms with Crippen molar-refractivity contribution in [2.75, 3.05) is 12.4 Å². The van der Waals surface area contributed by atoms with Gasteiger partial charge in [0.15, 0.2) is 5.16 Å². The summed E-state index contributed by atoms with van der Waals surface area (Å²) in [5.74, 6) is 0.760. The third kappa shape index (κ3) is 2.39. The van der Waals surface area contributed by atoms with E-state index in [4.69, 9.17) is 5.11 Å². The van der Waals surface area contributed by atoms with Gasteiger partial charge in [-0.3, -0.25) is 4.79 Å². The van der Waals surface area contributed by atoms with Crippen molar-refractivity contribution in [1.29, 1.82) is 0 Å². The summed E-state index contributed by atoms with van der Waals surface area (Å²) in [6.07, 6.45) is 0.705. The van der Waals surface area contributed by atoms with Crippen LogP contribution in [-0.4, -0.2) is 27.4 Å². The number of nitrogens with zero attached hydrogens (tertiary/aromatic N) is 1. The Morgan fingerprint density at radius 3 is 3.27 bits per heavy atom. The van der Waals surface area contributed by atoms with Gasteiger partial charge in [0.25, 0.3) is 5.56 Å². The van der Waals surface area contributed by atoms with Crippen LogP contribution in [0.2, 0.25) is 0 Å². The molecule has 0 saturated carbocycles. The molecule has 2 heterocycles. The number of hydrogen-bond acceptors (Lipinski definition) is 5. The van der Waals surface area contributed by atoms with Crippen molar-refractivity contribution in [2.24, 2.45) is 0 Å². The quantitative estimate of drug-likeness (QED) is 0.484. The Morgan fingerprint density at radius 1 is 1.60 bits per heavy atom. The van der Waals surface area contributed by atoms with Crippen molar-refractivity contribution in [3.05, 3.63) is 21.8 Å². The van der Waals surface area contributed by atoms with Gasteiger partial charge < -0.3 is 10.1 Å². The van der Waals surface area contributed by atoms with E-state index in [0.717, 1.165) is 10.6 Å². The molecule has 0 aliphatic heterocycles. The van der Waals surface area contributed by atoms with Crippen LogP contribution >= 0.6 is 23.1 Å². The number of H-pyrrole nitrogens is 1. The lowest BCUT2D eigenvalue weighted by Gasteiger charge is -1.98. The van der Waals surface area contributed by atoms with E-state index < -0.39 is 0 Å². The molecule has 4 nitrogen and oxygen atoms in total. The predicted octanol–water partition coefficient (Wildman–Crippen LogP) is 1.46. The van der Waals surface area contributed by atoms with E-state index in [2.05, 4.69) is 9.97 Å². The number of nitrogens with one attached hydrogen (secondary N) is 1. The first-order valence-corrected chi connectivity index (χ1v) is 6.39. The molecule has 6 heteroatoms. The molecule has 2 rings (SSSR count). The molecule has 0 atom stereocenters. The van der Waals surface area contributed by atoms with Crippen LogP contribution in [-0.2, 0) is 0 Å². The SMILES string of the molecule is O=c1[nH]c(SCCCO)nc2sccc12. The van der Waals surface area contributed by atoms with E-state index in [9.17, 15) is 4.79 Å². The van der Waals surface area contributed by atoms with Crippen molar-refractivity contribution >= 4 is 33.3 Å². The molecule has 0 aromatic carbocycles. The fourth-order valence-corrected chi connectivity index (χ4v) is 2.76. The summed E-state index contributed by atoms with van der Waals surface area (Å²) < 4.78 is 0. The smallest absolute Gasteiger partial charge is 0.260 e. The zero-order valence-electron chi connectivity index (χ0n) is 7.90. The summed E-state index contributed by atoms with van der Waals surface area (Å²) in [4.78, 5) is 19.3. The summed E-state index contributed by atoms with van der Waals surface area (Å²) in [5.41, 5.74) is -0.0900. The molecule has 15 heavy (non-hydrogen) atoms. The fraction of sp³-hybridized carbons (Fsp3) is 0.333. The molecule has 2 aromatic heterocycles. The third-order valence-electron chi connectivity index (χ3n) is 1.85. The van der Waals surface area contributed by atoms with Crippen molar-refractivity contribution in [3.63, 3.8) is 0 Å². The maximum absolute atomic E-state index is 11.5. The van der Waals surface area contributed by atoms with Gasteiger partial charge in [-0.15, -0.1) is 11.3 Å². The van der Waals surface area contributed by atoms with Crippen LogP contribution in [0.15, 0.2) is 21.4 Å². The number of aromatic amines is 1. The number of hydrogen-bond donors (Lipinski definition) is 2. The molecule has 0 aliphatic rings. The van der Waals surface area contributed by atoms with Crippen molar-refractivity contribution in [3.8, 4) is 0 Å². The van der Waals surface area contributed by atoms with Crippen LogP contribution in [0.4, 0.5) is 0 Å². The van der Waals surface area contributed by atoms with E-state index in [1.807, 2.05) is 5.38 Å². The normalized spacial score (nSPS) is 11.0. The maximum Gasteiger partial charge on any atom is 0.260 e. The van der Waals surface area contributed by atoms with Gasteiger partial charge in [-0.05, 0) is 17.9 Å². The number of fused-ring (bicyclic) bond motifs is 1. The minimum atomic E-state index is -0.0900. The van der Waals surface area contributed by atoms with Crippen molar-refractivity contribution < 1.29 is 5.11 Å².